The first kappa shape index (κ1) is 17.2. The maximum absolute atomic E-state index is 12.7. The third-order valence-electron chi connectivity index (χ3n) is 4.52. The fraction of sp³-hybridized carbons (Fsp3) is 0.857. The quantitative estimate of drug-likeness (QED) is 0.772. The number of rotatable bonds is 4. The van der Waals surface area contributed by atoms with Crippen molar-refractivity contribution in [1.29, 1.82) is 0 Å². The number of carbonyl (C=O) groups excluding carboxylic acids is 2. The Kier molecular flexibility index (Phi) is 5.44. The molecule has 1 aliphatic carbocycles. The van der Waals surface area contributed by atoms with Gasteiger partial charge in [-0.2, -0.15) is 4.31 Å². The van der Waals surface area contributed by atoms with Crippen molar-refractivity contribution in [3.05, 3.63) is 0 Å². The maximum Gasteiger partial charge on any atom is 0.245 e. The van der Waals surface area contributed by atoms with Crippen LogP contribution in [0.4, 0.5) is 0 Å². The lowest BCUT2D eigenvalue weighted by Crippen LogP contribution is -2.57. The molecule has 7 nitrogen and oxygen atoms in total. The first-order valence-corrected chi connectivity index (χ1v) is 9.65. The van der Waals surface area contributed by atoms with Crippen molar-refractivity contribution in [2.45, 2.75) is 38.6 Å². The molecule has 126 valence electrons. The zero-order valence-corrected chi connectivity index (χ0v) is 14.1. The molecule has 0 spiro atoms. The summed E-state index contributed by atoms with van der Waals surface area (Å²) in [6.45, 7) is 2.84. The van der Waals surface area contributed by atoms with Gasteiger partial charge >= 0.3 is 0 Å². The van der Waals surface area contributed by atoms with E-state index < -0.39 is 16.1 Å². The summed E-state index contributed by atoms with van der Waals surface area (Å²) in [5.41, 5.74) is 0. The molecule has 0 aromatic rings. The molecule has 1 heterocycles. The van der Waals surface area contributed by atoms with Crippen LogP contribution in [0.2, 0.25) is 0 Å². The molecular formula is C14H25N3O4S. The van der Waals surface area contributed by atoms with Crippen LogP contribution in [0.25, 0.3) is 0 Å². The molecule has 0 bridgehead atoms. The molecular weight excluding hydrogens is 306 g/mol. The first-order valence-electron chi connectivity index (χ1n) is 7.80. The molecule has 22 heavy (non-hydrogen) atoms. The maximum atomic E-state index is 12.7. The highest BCUT2D eigenvalue weighted by atomic mass is 32.2. The van der Waals surface area contributed by atoms with E-state index in [0.29, 0.717) is 26.2 Å². The van der Waals surface area contributed by atoms with Crippen molar-refractivity contribution in [2.75, 3.05) is 32.4 Å². The monoisotopic (exact) mass is 331 g/mol. The van der Waals surface area contributed by atoms with Gasteiger partial charge in [-0.25, -0.2) is 8.42 Å². The molecule has 1 atom stereocenters. The van der Waals surface area contributed by atoms with Crippen LogP contribution in [0.15, 0.2) is 0 Å². The van der Waals surface area contributed by atoms with Crippen LogP contribution in [0, 0.1) is 5.92 Å². The smallest absolute Gasteiger partial charge is 0.245 e. The molecule has 0 radical (unpaired) electrons. The van der Waals surface area contributed by atoms with Gasteiger partial charge in [-0.05, 0) is 18.8 Å². The summed E-state index contributed by atoms with van der Waals surface area (Å²) in [5, 5.41) is 2.80. The van der Waals surface area contributed by atoms with Gasteiger partial charge in [0.05, 0.1) is 6.26 Å². The van der Waals surface area contributed by atoms with Crippen LogP contribution >= 0.6 is 0 Å². The van der Waals surface area contributed by atoms with Gasteiger partial charge in [0, 0.05) is 33.1 Å². The molecule has 0 unspecified atom stereocenters. The van der Waals surface area contributed by atoms with E-state index >= 15 is 0 Å². The normalized spacial score (nSPS) is 22.5. The summed E-state index contributed by atoms with van der Waals surface area (Å²) in [6.07, 6.45) is 5.29. The van der Waals surface area contributed by atoms with Crippen molar-refractivity contribution >= 4 is 21.8 Å². The van der Waals surface area contributed by atoms with Crippen LogP contribution < -0.4 is 5.32 Å². The second-order valence-corrected chi connectivity index (χ2v) is 8.19. The predicted molar refractivity (Wildman–Crippen MR) is 82.6 cm³/mol. The van der Waals surface area contributed by atoms with E-state index in [2.05, 4.69) is 5.32 Å². The van der Waals surface area contributed by atoms with E-state index in [0.717, 1.165) is 25.7 Å². The Morgan fingerprint density at radius 1 is 1.09 bits per heavy atom. The Labute approximate surface area is 132 Å². The van der Waals surface area contributed by atoms with Gasteiger partial charge in [-0.1, -0.05) is 12.8 Å². The van der Waals surface area contributed by atoms with Crippen molar-refractivity contribution in [1.82, 2.24) is 14.5 Å². The second-order valence-electron chi connectivity index (χ2n) is 6.21. The van der Waals surface area contributed by atoms with E-state index in [1.165, 1.54) is 17.5 Å². The summed E-state index contributed by atoms with van der Waals surface area (Å²) in [7, 11) is -3.20. The number of hydrogen-bond donors (Lipinski definition) is 1. The third kappa shape index (κ3) is 4.19. The van der Waals surface area contributed by atoms with Gasteiger partial charge in [-0.3, -0.25) is 9.59 Å². The molecule has 1 saturated carbocycles. The van der Waals surface area contributed by atoms with Gasteiger partial charge in [-0.15, -0.1) is 0 Å². The van der Waals surface area contributed by atoms with E-state index in [1.807, 2.05) is 0 Å². The number of piperazine rings is 1. The SMILES string of the molecule is CC(=O)N[C@@H](C(=O)N1CCN(S(C)(=O)=O)CC1)C1CCCC1. The van der Waals surface area contributed by atoms with Gasteiger partial charge in [0.2, 0.25) is 21.8 Å². The highest BCUT2D eigenvalue weighted by Crippen LogP contribution is 2.29. The van der Waals surface area contributed by atoms with Crippen LogP contribution in [-0.2, 0) is 19.6 Å². The molecule has 2 fully saturated rings. The van der Waals surface area contributed by atoms with E-state index in [1.54, 1.807) is 4.90 Å². The Morgan fingerprint density at radius 2 is 1.64 bits per heavy atom. The first-order chi connectivity index (χ1) is 10.3. The third-order valence-corrected chi connectivity index (χ3v) is 5.82. The van der Waals surface area contributed by atoms with Crippen LogP contribution in [0.3, 0.4) is 0 Å². The summed E-state index contributed by atoms with van der Waals surface area (Å²) in [6, 6.07) is -0.468. The van der Waals surface area contributed by atoms with Gasteiger partial charge < -0.3 is 10.2 Å². The highest BCUT2D eigenvalue weighted by Gasteiger charge is 2.36. The number of carbonyl (C=O) groups is 2. The number of amides is 2. The zero-order chi connectivity index (χ0) is 16.3. The zero-order valence-electron chi connectivity index (χ0n) is 13.2. The topological polar surface area (TPSA) is 86.8 Å². The van der Waals surface area contributed by atoms with Crippen molar-refractivity contribution in [3.8, 4) is 0 Å². The fourth-order valence-electron chi connectivity index (χ4n) is 3.33. The average molecular weight is 331 g/mol. The van der Waals surface area contributed by atoms with E-state index in [4.69, 9.17) is 0 Å². The van der Waals surface area contributed by atoms with E-state index in [9.17, 15) is 18.0 Å². The lowest BCUT2D eigenvalue weighted by atomic mass is 9.96. The summed E-state index contributed by atoms with van der Waals surface area (Å²) < 4.78 is 24.4. The minimum atomic E-state index is -3.20. The number of sulfonamides is 1. The lowest BCUT2D eigenvalue weighted by Gasteiger charge is -2.36. The Hall–Kier alpha value is -1.15. The molecule has 1 saturated heterocycles. The molecule has 2 amide bonds. The molecule has 0 aromatic carbocycles. The van der Waals surface area contributed by atoms with E-state index in [-0.39, 0.29) is 17.7 Å². The number of hydrogen-bond acceptors (Lipinski definition) is 4. The molecule has 2 aliphatic rings. The molecule has 1 aliphatic heterocycles. The van der Waals surface area contributed by atoms with Crippen LogP contribution in [-0.4, -0.2) is 67.9 Å². The summed E-state index contributed by atoms with van der Waals surface area (Å²) in [4.78, 5) is 25.8. The van der Waals surface area contributed by atoms with Crippen molar-refractivity contribution in [3.63, 3.8) is 0 Å². The van der Waals surface area contributed by atoms with Crippen molar-refractivity contribution < 1.29 is 18.0 Å². The Bertz CT molecular complexity index is 520. The Balaban J connectivity index is 2.00. The fourth-order valence-corrected chi connectivity index (χ4v) is 4.15. The average Bonchev–Trinajstić information content (AvgIpc) is 2.97. The summed E-state index contributed by atoms with van der Waals surface area (Å²) >= 11 is 0. The van der Waals surface area contributed by atoms with Gasteiger partial charge in [0.15, 0.2) is 0 Å². The summed E-state index contributed by atoms with van der Waals surface area (Å²) in [5.74, 6) is -0.0698. The largest absolute Gasteiger partial charge is 0.344 e. The Morgan fingerprint density at radius 3 is 2.09 bits per heavy atom. The molecule has 1 N–H and O–H groups in total. The second kappa shape index (κ2) is 6.95. The minimum Gasteiger partial charge on any atom is -0.344 e. The highest BCUT2D eigenvalue weighted by molar-refractivity contribution is 7.88. The van der Waals surface area contributed by atoms with Crippen molar-refractivity contribution in [2.24, 2.45) is 5.92 Å². The predicted octanol–water partition coefficient (Wildman–Crippen LogP) is -0.215. The molecule has 0 aromatic heterocycles. The standard InChI is InChI=1S/C14H25N3O4S/c1-11(18)15-13(12-5-3-4-6-12)14(19)16-7-9-17(10-8-16)22(2,20)21/h12-13H,3-10H2,1-2H3,(H,15,18)/t13-/m1/s1. The van der Waals surface area contributed by atoms with Crippen LogP contribution in [0.5, 0.6) is 0 Å². The molecule has 8 heteroatoms. The van der Waals surface area contributed by atoms with Crippen LogP contribution in [0.1, 0.15) is 32.6 Å². The lowest BCUT2D eigenvalue weighted by molar-refractivity contribution is -0.138. The van der Waals surface area contributed by atoms with Gasteiger partial charge in [0.1, 0.15) is 6.04 Å². The minimum absolute atomic E-state index is 0.0738. The number of nitrogens with zero attached hydrogens (tertiary/aromatic N) is 2. The number of nitrogens with one attached hydrogen (secondary N) is 1. The molecule has 2 rings (SSSR count). The van der Waals surface area contributed by atoms with Gasteiger partial charge in [0.25, 0.3) is 0 Å².